The number of rotatable bonds is 2. The van der Waals surface area contributed by atoms with Crippen molar-refractivity contribution in [1.29, 1.82) is 5.26 Å². The molecule has 28 heavy (non-hydrogen) atoms. The molecule has 0 amide bonds. The second kappa shape index (κ2) is 7.21. The first kappa shape index (κ1) is 18.4. The van der Waals surface area contributed by atoms with Crippen LogP contribution in [0.25, 0.3) is 22.3 Å². The van der Waals surface area contributed by atoms with Gasteiger partial charge in [-0.2, -0.15) is 5.26 Å². The van der Waals surface area contributed by atoms with Crippen molar-refractivity contribution in [2.24, 2.45) is 11.1 Å². The van der Waals surface area contributed by atoms with Crippen LogP contribution in [0.3, 0.4) is 0 Å². The molecule has 2 heterocycles. The van der Waals surface area contributed by atoms with Crippen LogP contribution in [0.4, 0.5) is 5.82 Å². The molecule has 5 heteroatoms. The normalized spacial score (nSPS) is 19.2. The van der Waals surface area contributed by atoms with E-state index in [0.29, 0.717) is 5.56 Å². The lowest BCUT2D eigenvalue weighted by Gasteiger charge is -2.21. The van der Waals surface area contributed by atoms with Crippen LogP contribution in [0, 0.1) is 16.7 Å². The fourth-order valence-corrected chi connectivity index (χ4v) is 3.98. The predicted molar refractivity (Wildman–Crippen MR) is 113 cm³/mol. The number of hydrogen-bond acceptors (Lipinski definition) is 5. The molecule has 1 spiro atoms. The Balaban J connectivity index is 0.000000932. The number of nitrogens with two attached hydrogens (primary N) is 1. The van der Waals surface area contributed by atoms with E-state index in [1.54, 1.807) is 0 Å². The number of benzene rings is 2. The quantitative estimate of drug-likeness (QED) is 0.733. The van der Waals surface area contributed by atoms with E-state index in [1.807, 2.05) is 62.4 Å². The number of anilines is 1. The average Bonchev–Trinajstić information content (AvgIpc) is 3.47. The van der Waals surface area contributed by atoms with Crippen LogP contribution in [0.5, 0.6) is 0 Å². The molecule has 1 saturated heterocycles. The Hall–Kier alpha value is -2.97. The average molecular weight is 371 g/mol. The van der Waals surface area contributed by atoms with Gasteiger partial charge >= 0.3 is 0 Å². The predicted octanol–water partition coefficient (Wildman–Crippen LogP) is 4.12. The number of hydrogen-bond donors (Lipinski definition) is 1. The van der Waals surface area contributed by atoms with Gasteiger partial charge < -0.3 is 10.6 Å². The van der Waals surface area contributed by atoms with Crippen molar-refractivity contribution < 1.29 is 0 Å². The largest absolute Gasteiger partial charge is 0.353 e. The summed E-state index contributed by atoms with van der Waals surface area (Å²) in [6, 6.07) is 17.9. The van der Waals surface area contributed by atoms with Crippen LogP contribution in [0.15, 0.2) is 48.5 Å². The Morgan fingerprint density at radius 1 is 1.07 bits per heavy atom. The molecule has 0 bridgehead atoms. The monoisotopic (exact) mass is 371 g/mol. The highest BCUT2D eigenvalue weighted by Crippen LogP contribution is 2.53. The fraction of sp³-hybridized carbons (Fsp3) is 0.348. The summed E-state index contributed by atoms with van der Waals surface area (Å²) in [5, 5.41) is 9.26. The highest BCUT2D eigenvalue weighted by atomic mass is 15.3. The highest BCUT2D eigenvalue weighted by molar-refractivity contribution is 5.84. The van der Waals surface area contributed by atoms with E-state index in [2.05, 4.69) is 11.0 Å². The van der Waals surface area contributed by atoms with Crippen LogP contribution < -0.4 is 10.6 Å². The van der Waals surface area contributed by atoms with E-state index >= 15 is 0 Å². The molecule has 2 N–H and O–H groups in total. The number of nitrogens with zero attached hydrogens (tertiary/aromatic N) is 4. The SMILES string of the molecule is CC.N#Cc1cccc(-c2nc3ccccc3nc2N2CC(N)C3(CC3)C2)c1. The lowest BCUT2D eigenvalue weighted by molar-refractivity contribution is 0.499. The van der Waals surface area contributed by atoms with E-state index in [0.717, 1.165) is 41.2 Å². The lowest BCUT2D eigenvalue weighted by Crippen LogP contribution is -2.30. The third-order valence-electron chi connectivity index (χ3n) is 5.72. The van der Waals surface area contributed by atoms with Gasteiger partial charge in [-0.05, 0) is 37.1 Å². The number of para-hydroxylation sites is 2. The Bertz CT molecular complexity index is 1050. The Morgan fingerprint density at radius 2 is 1.79 bits per heavy atom. The first-order chi connectivity index (χ1) is 13.7. The molecule has 3 aromatic rings. The molecular weight excluding hydrogens is 346 g/mol. The molecule has 1 saturated carbocycles. The molecule has 0 radical (unpaired) electrons. The number of nitriles is 1. The first-order valence-corrected chi connectivity index (χ1v) is 9.96. The zero-order valence-electron chi connectivity index (χ0n) is 16.4. The minimum absolute atomic E-state index is 0.189. The molecule has 2 aliphatic rings. The summed E-state index contributed by atoms with van der Waals surface area (Å²) in [4.78, 5) is 12.1. The molecule has 5 rings (SSSR count). The van der Waals surface area contributed by atoms with Crippen LogP contribution in [0.2, 0.25) is 0 Å². The maximum absolute atomic E-state index is 9.26. The minimum Gasteiger partial charge on any atom is -0.353 e. The van der Waals surface area contributed by atoms with Crippen molar-refractivity contribution in [3.8, 4) is 17.3 Å². The van der Waals surface area contributed by atoms with Crippen molar-refractivity contribution in [1.82, 2.24) is 9.97 Å². The van der Waals surface area contributed by atoms with Gasteiger partial charge in [0.15, 0.2) is 5.82 Å². The van der Waals surface area contributed by atoms with Crippen molar-refractivity contribution >= 4 is 16.9 Å². The van der Waals surface area contributed by atoms with Gasteiger partial charge in [0.05, 0.1) is 22.7 Å². The Morgan fingerprint density at radius 3 is 2.43 bits per heavy atom. The zero-order valence-corrected chi connectivity index (χ0v) is 16.4. The third-order valence-corrected chi connectivity index (χ3v) is 5.72. The van der Waals surface area contributed by atoms with Crippen molar-refractivity contribution in [2.75, 3.05) is 18.0 Å². The van der Waals surface area contributed by atoms with E-state index < -0.39 is 0 Å². The summed E-state index contributed by atoms with van der Waals surface area (Å²) >= 11 is 0. The summed E-state index contributed by atoms with van der Waals surface area (Å²) in [6.07, 6.45) is 2.40. The van der Waals surface area contributed by atoms with E-state index in [-0.39, 0.29) is 11.5 Å². The summed E-state index contributed by atoms with van der Waals surface area (Å²) in [6.45, 7) is 5.74. The van der Waals surface area contributed by atoms with Crippen molar-refractivity contribution in [2.45, 2.75) is 32.7 Å². The van der Waals surface area contributed by atoms with Crippen molar-refractivity contribution in [3.63, 3.8) is 0 Å². The zero-order chi connectivity index (χ0) is 19.7. The molecular formula is C23H25N5. The molecule has 1 aliphatic carbocycles. The van der Waals surface area contributed by atoms with Crippen LogP contribution in [-0.4, -0.2) is 29.1 Å². The van der Waals surface area contributed by atoms with E-state index in [9.17, 15) is 5.26 Å². The molecule has 1 unspecified atom stereocenters. The first-order valence-electron chi connectivity index (χ1n) is 9.96. The molecule has 142 valence electrons. The molecule has 2 aromatic carbocycles. The van der Waals surface area contributed by atoms with Crippen molar-refractivity contribution in [3.05, 3.63) is 54.1 Å². The Labute approximate surface area is 165 Å². The maximum Gasteiger partial charge on any atom is 0.156 e. The second-order valence-electron chi connectivity index (χ2n) is 7.43. The second-order valence-corrected chi connectivity index (χ2v) is 7.43. The van der Waals surface area contributed by atoms with Gasteiger partial charge in [0.2, 0.25) is 0 Å². The highest BCUT2D eigenvalue weighted by Gasteiger charge is 2.54. The number of fused-ring (bicyclic) bond motifs is 1. The standard InChI is InChI=1S/C21H19N5.C2H6/c22-11-14-4-3-5-15(10-14)19-20(25-17-7-2-1-6-16(17)24-19)26-12-18(23)21(13-26)8-9-21;1-2/h1-7,10,18H,8-9,12-13,23H2;1-2H3. The summed E-state index contributed by atoms with van der Waals surface area (Å²) in [5.74, 6) is 0.873. The fourth-order valence-electron chi connectivity index (χ4n) is 3.98. The Kier molecular flexibility index (Phi) is 4.74. The summed E-state index contributed by atoms with van der Waals surface area (Å²) in [7, 11) is 0. The van der Waals surface area contributed by atoms with Gasteiger partial charge in [0, 0.05) is 30.1 Å². The van der Waals surface area contributed by atoms with E-state index in [4.69, 9.17) is 15.7 Å². The van der Waals surface area contributed by atoms with Gasteiger partial charge in [-0.25, -0.2) is 9.97 Å². The molecule has 5 nitrogen and oxygen atoms in total. The topological polar surface area (TPSA) is 78.8 Å². The molecule has 2 fully saturated rings. The summed E-state index contributed by atoms with van der Waals surface area (Å²) < 4.78 is 0. The van der Waals surface area contributed by atoms with Gasteiger partial charge in [-0.3, -0.25) is 0 Å². The van der Waals surface area contributed by atoms with Crippen LogP contribution >= 0.6 is 0 Å². The van der Waals surface area contributed by atoms with Crippen LogP contribution in [-0.2, 0) is 0 Å². The van der Waals surface area contributed by atoms with Gasteiger partial charge in [-0.15, -0.1) is 0 Å². The maximum atomic E-state index is 9.26. The lowest BCUT2D eigenvalue weighted by atomic mass is 10.0. The molecule has 1 atom stereocenters. The van der Waals surface area contributed by atoms with Gasteiger partial charge in [0.25, 0.3) is 0 Å². The summed E-state index contributed by atoms with van der Waals surface area (Å²) in [5.41, 5.74) is 10.8. The van der Waals surface area contributed by atoms with E-state index in [1.165, 1.54) is 12.8 Å². The number of aromatic nitrogens is 2. The third kappa shape index (κ3) is 3.10. The van der Waals surface area contributed by atoms with Crippen LogP contribution in [0.1, 0.15) is 32.3 Å². The minimum atomic E-state index is 0.189. The molecule has 1 aromatic heterocycles. The van der Waals surface area contributed by atoms with Gasteiger partial charge in [-0.1, -0.05) is 38.1 Å². The smallest absolute Gasteiger partial charge is 0.156 e. The van der Waals surface area contributed by atoms with Gasteiger partial charge in [0.1, 0.15) is 5.69 Å². The molecule has 1 aliphatic heterocycles.